The maximum atomic E-state index is 6.23. The first-order chi connectivity index (χ1) is 8.74. The van der Waals surface area contributed by atoms with Crippen LogP contribution in [0.5, 0.6) is 0 Å². The second-order valence-electron chi connectivity index (χ2n) is 5.22. The maximum Gasteiger partial charge on any atom is 0.0881 e. The minimum Gasteiger partial charge on any atom is -0.381 e. The first kappa shape index (κ1) is 15.9. The monoisotopic (exact) mass is 257 g/mol. The highest BCUT2D eigenvalue weighted by atomic mass is 16.5. The van der Waals surface area contributed by atoms with Crippen LogP contribution in [0, 0.1) is 5.92 Å². The van der Waals surface area contributed by atoms with E-state index in [-0.39, 0.29) is 5.60 Å². The third-order valence-electron chi connectivity index (χ3n) is 4.28. The lowest BCUT2D eigenvalue weighted by Crippen LogP contribution is -2.58. The summed E-state index contributed by atoms with van der Waals surface area (Å²) in [5.41, 5.74) is -0.0142. The number of hydrogen-bond donors (Lipinski definition) is 1. The van der Waals surface area contributed by atoms with Gasteiger partial charge in [-0.1, -0.05) is 33.6 Å². The zero-order valence-electron chi connectivity index (χ0n) is 12.6. The normalized spacial score (nSPS) is 21.2. The molecule has 0 radical (unpaired) electrons. The van der Waals surface area contributed by atoms with Gasteiger partial charge in [0.2, 0.25) is 0 Å². The van der Waals surface area contributed by atoms with Crippen LogP contribution in [0.25, 0.3) is 0 Å². The van der Waals surface area contributed by atoms with Crippen molar-refractivity contribution in [2.45, 2.75) is 65.0 Å². The van der Waals surface area contributed by atoms with Crippen molar-refractivity contribution in [3.05, 3.63) is 0 Å². The summed E-state index contributed by atoms with van der Waals surface area (Å²) in [6, 6.07) is 0.460. The van der Waals surface area contributed by atoms with E-state index in [1.807, 2.05) is 0 Å². The molecule has 0 aromatic heterocycles. The van der Waals surface area contributed by atoms with E-state index in [0.717, 1.165) is 39.2 Å². The van der Waals surface area contributed by atoms with E-state index in [1.54, 1.807) is 0 Å². The lowest BCUT2D eigenvalue weighted by atomic mass is 9.77. The summed E-state index contributed by atoms with van der Waals surface area (Å²) >= 11 is 0. The van der Waals surface area contributed by atoms with Crippen molar-refractivity contribution in [1.82, 2.24) is 5.32 Å². The van der Waals surface area contributed by atoms with Crippen molar-refractivity contribution in [3.8, 4) is 0 Å². The fraction of sp³-hybridized carbons (Fsp3) is 1.00. The second kappa shape index (κ2) is 8.13. The Hall–Kier alpha value is -0.120. The van der Waals surface area contributed by atoms with Gasteiger partial charge in [0.05, 0.1) is 5.60 Å². The quantitative estimate of drug-likeness (QED) is 0.725. The van der Waals surface area contributed by atoms with Gasteiger partial charge in [0, 0.05) is 38.7 Å². The minimum atomic E-state index is -0.0142. The van der Waals surface area contributed by atoms with Crippen molar-refractivity contribution >= 4 is 0 Å². The highest BCUT2D eigenvalue weighted by molar-refractivity contribution is 4.98. The van der Waals surface area contributed by atoms with Crippen LogP contribution in [-0.4, -0.2) is 38.0 Å². The molecule has 3 nitrogen and oxygen atoms in total. The molecule has 1 aliphatic heterocycles. The average molecular weight is 257 g/mol. The molecule has 0 aromatic carbocycles. The molecular formula is C15H31NO2. The van der Waals surface area contributed by atoms with Crippen LogP contribution >= 0.6 is 0 Å². The van der Waals surface area contributed by atoms with Gasteiger partial charge in [-0.15, -0.1) is 0 Å². The van der Waals surface area contributed by atoms with E-state index in [1.165, 1.54) is 12.8 Å². The van der Waals surface area contributed by atoms with Crippen LogP contribution in [0.4, 0.5) is 0 Å². The van der Waals surface area contributed by atoms with Crippen LogP contribution in [0.3, 0.4) is 0 Å². The molecule has 0 aromatic rings. The molecule has 0 saturated carbocycles. The molecule has 18 heavy (non-hydrogen) atoms. The Morgan fingerprint density at radius 1 is 1.11 bits per heavy atom. The standard InChI is InChI=1S/C15H31NO2/c1-5-13(6-2)14(16-7-3)15(18-8-4)9-11-17-12-10-15/h13-14,16H,5-12H2,1-4H3. The van der Waals surface area contributed by atoms with Crippen molar-refractivity contribution in [1.29, 1.82) is 0 Å². The number of rotatable bonds is 8. The molecule has 0 spiro atoms. The molecule has 1 atom stereocenters. The van der Waals surface area contributed by atoms with Gasteiger partial charge in [-0.2, -0.15) is 0 Å². The van der Waals surface area contributed by atoms with Gasteiger partial charge in [0.1, 0.15) is 0 Å². The molecule has 108 valence electrons. The zero-order chi connectivity index (χ0) is 13.4. The van der Waals surface area contributed by atoms with Gasteiger partial charge in [-0.3, -0.25) is 0 Å². The number of hydrogen-bond acceptors (Lipinski definition) is 3. The third-order valence-corrected chi connectivity index (χ3v) is 4.28. The van der Waals surface area contributed by atoms with E-state index in [9.17, 15) is 0 Å². The fourth-order valence-electron chi connectivity index (χ4n) is 3.31. The van der Waals surface area contributed by atoms with Crippen molar-refractivity contribution in [2.75, 3.05) is 26.4 Å². The lowest BCUT2D eigenvalue weighted by molar-refractivity contribution is -0.136. The Kier molecular flexibility index (Phi) is 7.20. The Bertz CT molecular complexity index is 205. The number of nitrogens with one attached hydrogen (secondary N) is 1. The summed E-state index contributed by atoms with van der Waals surface area (Å²) in [7, 11) is 0. The fourth-order valence-corrected chi connectivity index (χ4v) is 3.31. The first-order valence-electron chi connectivity index (χ1n) is 7.69. The van der Waals surface area contributed by atoms with Crippen LogP contribution < -0.4 is 5.32 Å². The molecule has 3 heteroatoms. The molecule has 1 aliphatic rings. The number of ether oxygens (including phenoxy) is 2. The molecule has 1 saturated heterocycles. The van der Waals surface area contributed by atoms with E-state index >= 15 is 0 Å². The molecule has 0 amide bonds. The Balaban J connectivity index is 2.88. The van der Waals surface area contributed by atoms with E-state index in [4.69, 9.17) is 9.47 Å². The molecule has 1 N–H and O–H groups in total. The second-order valence-corrected chi connectivity index (χ2v) is 5.22. The lowest BCUT2D eigenvalue weighted by Gasteiger charge is -2.46. The molecule has 0 aliphatic carbocycles. The summed E-state index contributed by atoms with van der Waals surface area (Å²) in [6.07, 6.45) is 4.47. The summed E-state index contributed by atoms with van der Waals surface area (Å²) in [4.78, 5) is 0. The van der Waals surface area contributed by atoms with Gasteiger partial charge >= 0.3 is 0 Å². The molecule has 1 heterocycles. The SMILES string of the molecule is CCNC(C(CC)CC)C1(OCC)CCOCC1. The summed E-state index contributed by atoms with van der Waals surface area (Å²) < 4.78 is 11.8. The van der Waals surface area contributed by atoms with Crippen molar-refractivity contribution in [3.63, 3.8) is 0 Å². The Morgan fingerprint density at radius 2 is 1.72 bits per heavy atom. The van der Waals surface area contributed by atoms with Crippen LogP contribution in [0.1, 0.15) is 53.4 Å². The van der Waals surface area contributed by atoms with Gasteiger partial charge in [0.15, 0.2) is 0 Å². The Labute approximate surface area is 113 Å². The molecule has 0 bridgehead atoms. The van der Waals surface area contributed by atoms with Crippen LogP contribution in [-0.2, 0) is 9.47 Å². The molecule has 1 fully saturated rings. The van der Waals surface area contributed by atoms with Crippen molar-refractivity contribution < 1.29 is 9.47 Å². The smallest absolute Gasteiger partial charge is 0.0881 e. The highest BCUT2D eigenvalue weighted by Gasteiger charge is 2.43. The van der Waals surface area contributed by atoms with Gasteiger partial charge < -0.3 is 14.8 Å². The van der Waals surface area contributed by atoms with Gasteiger partial charge in [0.25, 0.3) is 0 Å². The average Bonchev–Trinajstić information content (AvgIpc) is 2.40. The Morgan fingerprint density at radius 3 is 2.17 bits per heavy atom. The maximum absolute atomic E-state index is 6.23. The van der Waals surface area contributed by atoms with E-state index in [2.05, 4.69) is 33.0 Å². The summed E-state index contributed by atoms with van der Waals surface area (Å²) in [5, 5.41) is 3.70. The van der Waals surface area contributed by atoms with Gasteiger partial charge in [-0.25, -0.2) is 0 Å². The topological polar surface area (TPSA) is 30.5 Å². The van der Waals surface area contributed by atoms with Crippen LogP contribution in [0.15, 0.2) is 0 Å². The first-order valence-corrected chi connectivity index (χ1v) is 7.69. The van der Waals surface area contributed by atoms with Gasteiger partial charge in [-0.05, 0) is 19.4 Å². The van der Waals surface area contributed by atoms with E-state index in [0.29, 0.717) is 12.0 Å². The van der Waals surface area contributed by atoms with Crippen LogP contribution in [0.2, 0.25) is 0 Å². The number of likely N-dealkylation sites (N-methyl/N-ethyl adjacent to an activating group) is 1. The predicted molar refractivity (Wildman–Crippen MR) is 75.9 cm³/mol. The highest BCUT2D eigenvalue weighted by Crippen LogP contribution is 2.34. The largest absolute Gasteiger partial charge is 0.381 e. The summed E-state index contributed by atoms with van der Waals surface area (Å²) in [5.74, 6) is 0.689. The molecule has 1 rings (SSSR count). The van der Waals surface area contributed by atoms with Crippen molar-refractivity contribution in [2.24, 2.45) is 5.92 Å². The zero-order valence-corrected chi connectivity index (χ0v) is 12.6. The predicted octanol–water partition coefficient (Wildman–Crippen LogP) is 2.99. The van der Waals surface area contributed by atoms with E-state index < -0.39 is 0 Å². The summed E-state index contributed by atoms with van der Waals surface area (Å²) in [6.45, 7) is 12.3. The molecule has 1 unspecified atom stereocenters. The molecular weight excluding hydrogens is 226 g/mol. The minimum absolute atomic E-state index is 0.0142. The third kappa shape index (κ3) is 3.69.